The molecule has 2 fully saturated rings. The van der Waals surface area contributed by atoms with Crippen molar-refractivity contribution in [3.05, 3.63) is 24.3 Å². The van der Waals surface area contributed by atoms with E-state index in [0.717, 1.165) is 19.1 Å². The third-order valence-corrected chi connectivity index (χ3v) is 9.00. The predicted molar refractivity (Wildman–Crippen MR) is 120 cm³/mol. The molecule has 2 aliphatic heterocycles. The summed E-state index contributed by atoms with van der Waals surface area (Å²) in [7, 11) is -7.16. The number of sulfonamides is 2. The number of rotatable bonds is 6. The van der Waals surface area contributed by atoms with Gasteiger partial charge in [-0.3, -0.25) is 9.59 Å². The van der Waals surface area contributed by atoms with Crippen LogP contribution in [0.15, 0.2) is 29.2 Å². The number of hydrogen-bond donors (Lipinski definition) is 2. The third kappa shape index (κ3) is 5.85. The SMILES string of the molecule is CC(=O)Nc1ccc(S(=O)(=O)N2CCC(NC(=O)C3CCCCN3S(C)(=O)=O)CC2)cc1. The molecule has 0 radical (unpaired) electrons. The van der Waals surface area contributed by atoms with Crippen LogP contribution in [-0.2, 0) is 29.6 Å². The zero-order valence-corrected chi connectivity index (χ0v) is 19.9. The molecule has 1 unspecified atom stereocenters. The fraction of sp³-hybridized carbons (Fsp3) is 0.600. The number of amides is 2. The van der Waals surface area contributed by atoms with E-state index in [2.05, 4.69) is 10.6 Å². The Kier molecular flexibility index (Phi) is 7.58. The molecule has 0 aromatic heterocycles. The molecule has 178 valence electrons. The Morgan fingerprint density at radius 2 is 1.56 bits per heavy atom. The zero-order chi connectivity index (χ0) is 23.5. The predicted octanol–water partition coefficient (Wildman–Crippen LogP) is 0.728. The van der Waals surface area contributed by atoms with E-state index in [4.69, 9.17) is 0 Å². The number of nitrogens with zero attached hydrogens (tertiary/aromatic N) is 2. The van der Waals surface area contributed by atoms with Gasteiger partial charge in [-0.1, -0.05) is 6.42 Å². The molecule has 0 spiro atoms. The van der Waals surface area contributed by atoms with Gasteiger partial charge < -0.3 is 10.6 Å². The summed E-state index contributed by atoms with van der Waals surface area (Å²) in [6.45, 7) is 2.22. The minimum atomic E-state index is -3.69. The number of carbonyl (C=O) groups is 2. The summed E-state index contributed by atoms with van der Waals surface area (Å²) in [4.78, 5) is 24.0. The first-order chi connectivity index (χ1) is 15.0. The summed E-state index contributed by atoms with van der Waals surface area (Å²) in [5, 5.41) is 5.52. The highest BCUT2D eigenvalue weighted by Gasteiger charge is 2.36. The Morgan fingerprint density at radius 3 is 2.12 bits per heavy atom. The van der Waals surface area contributed by atoms with Gasteiger partial charge in [-0.15, -0.1) is 0 Å². The van der Waals surface area contributed by atoms with Crippen LogP contribution in [-0.4, -0.2) is 75.2 Å². The van der Waals surface area contributed by atoms with Crippen LogP contribution in [0.5, 0.6) is 0 Å². The van der Waals surface area contributed by atoms with Gasteiger partial charge in [0.05, 0.1) is 11.2 Å². The number of benzene rings is 1. The van der Waals surface area contributed by atoms with Crippen molar-refractivity contribution in [2.75, 3.05) is 31.2 Å². The van der Waals surface area contributed by atoms with Crippen molar-refractivity contribution in [3.8, 4) is 0 Å². The van der Waals surface area contributed by atoms with Crippen LogP contribution in [0, 0.1) is 0 Å². The van der Waals surface area contributed by atoms with Gasteiger partial charge in [0.25, 0.3) is 0 Å². The van der Waals surface area contributed by atoms with Crippen molar-refractivity contribution >= 4 is 37.5 Å². The van der Waals surface area contributed by atoms with Crippen molar-refractivity contribution in [1.82, 2.24) is 13.9 Å². The first-order valence-electron chi connectivity index (χ1n) is 10.6. The van der Waals surface area contributed by atoms with Crippen molar-refractivity contribution in [2.24, 2.45) is 0 Å². The number of piperidine rings is 2. The Hall–Kier alpha value is -2.02. The molecule has 2 N–H and O–H groups in total. The van der Waals surface area contributed by atoms with Crippen molar-refractivity contribution in [2.45, 2.75) is 56.0 Å². The van der Waals surface area contributed by atoms with Crippen LogP contribution >= 0.6 is 0 Å². The minimum Gasteiger partial charge on any atom is -0.352 e. The van der Waals surface area contributed by atoms with Crippen LogP contribution in [0.2, 0.25) is 0 Å². The van der Waals surface area contributed by atoms with Gasteiger partial charge in [-0.25, -0.2) is 16.8 Å². The fourth-order valence-corrected chi connectivity index (χ4v) is 6.76. The topological polar surface area (TPSA) is 133 Å². The molecule has 3 rings (SSSR count). The highest BCUT2D eigenvalue weighted by Crippen LogP contribution is 2.24. The van der Waals surface area contributed by atoms with Gasteiger partial charge in [0.2, 0.25) is 31.9 Å². The fourth-order valence-electron chi connectivity index (χ4n) is 4.16. The van der Waals surface area contributed by atoms with Crippen molar-refractivity contribution < 1.29 is 26.4 Å². The molecule has 1 aromatic rings. The number of hydrogen-bond acceptors (Lipinski definition) is 6. The summed E-state index contributed by atoms with van der Waals surface area (Å²) in [5.41, 5.74) is 0.517. The molecule has 2 amide bonds. The van der Waals surface area contributed by atoms with Crippen molar-refractivity contribution in [3.63, 3.8) is 0 Å². The summed E-state index contributed by atoms with van der Waals surface area (Å²) in [5.74, 6) is -0.553. The summed E-state index contributed by atoms with van der Waals surface area (Å²) in [6, 6.07) is 5.08. The highest BCUT2D eigenvalue weighted by molar-refractivity contribution is 7.89. The van der Waals surface area contributed by atoms with Gasteiger partial charge in [0.15, 0.2) is 0 Å². The first kappa shape index (κ1) is 24.6. The van der Waals surface area contributed by atoms with Gasteiger partial charge in [0, 0.05) is 38.3 Å². The second kappa shape index (κ2) is 9.86. The van der Waals surface area contributed by atoms with E-state index in [-0.39, 0.29) is 35.8 Å². The molecular formula is C20H30N4O6S2. The van der Waals surface area contributed by atoms with E-state index in [1.54, 1.807) is 12.1 Å². The smallest absolute Gasteiger partial charge is 0.243 e. The molecule has 2 aliphatic rings. The second-order valence-electron chi connectivity index (χ2n) is 8.28. The minimum absolute atomic E-state index is 0.139. The second-order valence-corrected chi connectivity index (χ2v) is 12.2. The molecule has 12 heteroatoms. The maximum Gasteiger partial charge on any atom is 0.243 e. The molecule has 2 saturated heterocycles. The van der Waals surface area contributed by atoms with E-state index in [9.17, 15) is 26.4 Å². The van der Waals surface area contributed by atoms with E-state index in [0.29, 0.717) is 31.5 Å². The Morgan fingerprint density at radius 1 is 0.938 bits per heavy atom. The summed E-state index contributed by atoms with van der Waals surface area (Å²) < 4.78 is 52.5. The zero-order valence-electron chi connectivity index (χ0n) is 18.3. The quantitative estimate of drug-likeness (QED) is 0.609. The lowest BCUT2D eigenvalue weighted by molar-refractivity contribution is -0.126. The van der Waals surface area contributed by atoms with E-state index < -0.39 is 26.1 Å². The molecule has 2 heterocycles. The van der Waals surface area contributed by atoms with Crippen LogP contribution in [0.25, 0.3) is 0 Å². The van der Waals surface area contributed by atoms with Crippen LogP contribution in [0.3, 0.4) is 0 Å². The largest absolute Gasteiger partial charge is 0.352 e. The summed E-state index contributed by atoms with van der Waals surface area (Å²) in [6.07, 6.45) is 4.02. The molecule has 10 nitrogen and oxygen atoms in total. The maximum atomic E-state index is 12.9. The monoisotopic (exact) mass is 486 g/mol. The maximum absolute atomic E-state index is 12.9. The van der Waals surface area contributed by atoms with E-state index in [1.807, 2.05) is 0 Å². The van der Waals surface area contributed by atoms with Gasteiger partial charge >= 0.3 is 0 Å². The molecule has 0 bridgehead atoms. The van der Waals surface area contributed by atoms with Crippen molar-refractivity contribution in [1.29, 1.82) is 0 Å². The number of anilines is 1. The van der Waals surface area contributed by atoms with Crippen LogP contribution in [0.4, 0.5) is 5.69 Å². The first-order valence-corrected chi connectivity index (χ1v) is 13.9. The van der Waals surface area contributed by atoms with Gasteiger partial charge in [-0.2, -0.15) is 8.61 Å². The number of nitrogens with one attached hydrogen (secondary N) is 2. The molecule has 0 aliphatic carbocycles. The standard InChI is InChI=1S/C20H30N4O6S2/c1-15(25)21-16-6-8-18(9-7-16)32(29,30)23-13-10-17(11-14-23)22-20(26)19-5-3-4-12-24(19)31(2,27)28/h6-9,17,19H,3-5,10-14H2,1-2H3,(H,21,25)(H,22,26). The molecule has 1 atom stereocenters. The van der Waals surface area contributed by atoms with Gasteiger partial charge in [-0.05, 0) is 49.9 Å². The Bertz CT molecular complexity index is 1050. The average molecular weight is 487 g/mol. The Labute approximate surface area is 189 Å². The highest BCUT2D eigenvalue weighted by atomic mass is 32.2. The van der Waals surface area contributed by atoms with Crippen LogP contribution < -0.4 is 10.6 Å². The molecule has 32 heavy (non-hydrogen) atoms. The molecule has 0 saturated carbocycles. The van der Waals surface area contributed by atoms with E-state index >= 15 is 0 Å². The normalized spacial score (nSPS) is 21.8. The lowest BCUT2D eigenvalue weighted by Crippen LogP contribution is -2.55. The average Bonchev–Trinajstić information content (AvgIpc) is 2.73. The van der Waals surface area contributed by atoms with Gasteiger partial charge in [0.1, 0.15) is 6.04 Å². The van der Waals surface area contributed by atoms with Crippen LogP contribution in [0.1, 0.15) is 39.0 Å². The molecular weight excluding hydrogens is 456 g/mol. The lowest BCUT2D eigenvalue weighted by atomic mass is 10.0. The lowest BCUT2D eigenvalue weighted by Gasteiger charge is -2.35. The van der Waals surface area contributed by atoms with E-state index in [1.165, 1.54) is 27.7 Å². The third-order valence-electron chi connectivity index (χ3n) is 5.80. The number of carbonyl (C=O) groups excluding carboxylic acids is 2. The molecule has 1 aromatic carbocycles. The summed E-state index contributed by atoms with van der Waals surface area (Å²) >= 11 is 0. The Balaban J connectivity index is 1.58.